The van der Waals surface area contributed by atoms with Gasteiger partial charge in [0.25, 0.3) is 26.0 Å². The molecule has 0 aromatic heterocycles. The number of aryl methyl sites for hydroxylation is 1. The molecule has 0 spiro atoms. The first-order valence-corrected chi connectivity index (χ1v) is 13.8. The Bertz CT molecular complexity index is 1590. The summed E-state index contributed by atoms with van der Waals surface area (Å²) in [6, 6.07) is 27.0. The molecule has 1 amide bonds. The SMILES string of the molecule is Cc1ccc(C(=O)Nc2ccc(S(=O)(=O)Nc3ccccc3)cc2)cc1S(=O)(=O)Nc1ccccc1. The monoisotopic (exact) mass is 521 g/mol. The van der Waals surface area contributed by atoms with Crippen molar-refractivity contribution in [2.24, 2.45) is 0 Å². The first-order chi connectivity index (χ1) is 17.1. The molecule has 4 aromatic carbocycles. The summed E-state index contributed by atoms with van der Waals surface area (Å²) >= 11 is 0. The summed E-state index contributed by atoms with van der Waals surface area (Å²) in [6.07, 6.45) is 0. The molecule has 0 aliphatic rings. The predicted molar refractivity (Wildman–Crippen MR) is 140 cm³/mol. The molecule has 4 aromatic rings. The largest absolute Gasteiger partial charge is 0.322 e. The van der Waals surface area contributed by atoms with Gasteiger partial charge in [0.2, 0.25) is 0 Å². The van der Waals surface area contributed by atoms with Crippen molar-refractivity contribution in [1.29, 1.82) is 0 Å². The van der Waals surface area contributed by atoms with Gasteiger partial charge in [-0.25, -0.2) is 16.8 Å². The highest BCUT2D eigenvalue weighted by atomic mass is 32.2. The van der Waals surface area contributed by atoms with Crippen LogP contribution in [0.15, 0.2) is 113 Å². The quantitative estimate of drug-likeness (QED) is 0.306. The molecule has 4 rings (SSSR count). The number of amides is 1. The molecule has 0 heterocycles. The Morgan fingerprint density at radius 3 is 1.69 bits per heavy atom. The summed E-state index contributed by atoms with van der Waals surface area (Å²) in [4.78, 5) is 12.8. The fraction of sp³-hybridized carbons (Fsp3) is 0.0385. The Morgan fingerprint density at radius 2 is 1.14 bits per heavy atom. The molecule has 184 valence electrons. The first kappa shape index (κ1) is 25.0. The zero-order valence-corrected chi connectivity index (χ0v) is 20.8. The second kappa shape index (κ2) is 10.2. The number of hydrogen-bond acceptors (Lipinski definition) is 5. The third-order valence-electron chi connectivity index (χ3n) is 5.21. The van der Waals surface area contributed by atoms with E-state index < -0.39 is 26.0 Å². The summed E-state index contributed by atoms with van der Waals surface area (Å²) in [5.41, 5.74) is 1.81. The first-order valence-electron chi connectivity index (χ1n) is 10.8. The average molecular weight is 522 g/mol. The molecule has 10 heteroatoms. The van der Waals surface area contributed by atoms with Crippen molar-refractivity contribution in [2.75, 3.05) is 14.8 Å². The highest BCUT2D eigenvalue weighted by Gasteiger charge is 2.20. The van der Waals surface area contributed by atoms with Crippen molar-refractivity contribution in [3.05, 3.63) is 114 Å². The summed E-state index contributed by atoms with van der Waals surface area (Å²) < 4.78 is 56.0. The molecular formula is C26H23N3O5S2. The topological polar surface area (TPSA) is 121 Å². The van der Waals surface area contributed by atoms with Crippen LogP contribution in [-0.4, -0.2) is 22.7 Å². The van der Waals surface area contributed by atoms with Gasteiger partial charge in [0.15, 0.2) is 0 Å². The minimum absolute atomic E-state index is 0.0209. The fourth-order valence-electron chi connectivity index (χ4n) is 3.39. The van der Waals surface area contributed by atoms with Crippen molar-refractivity contribution in [3.63, 3.8) is 0 Å². The number of anilines is 3. The van der Waals surface area contributed by atoms with Crippen LogP contribution >= 0.6 is 0 Å². The van der Waals surface area contributed by atoms with Crippen LogP contribution in [0.1, 0.15) is 15.9 Å². The lowest BCUT2D eigenvalue weighted by Crippen LogP contribution is -2.17. The molecule has 0 aliphatic heterocycles. The van der Waals surface area contributed by atoms with Crippen molar-refractivity contribution >= 4 is 43.0 Å². The smallest absolute Gasteiger partial charge is 0.262 e. The van der Waals surface area contributed by atoms with E-state index in [2.05, 4.69) is 14.8 Å². The minimum atomic E-state index is -3.92. The molecule has 8 nitrogen and oxygen atoms in total. The third kappa shape index (κ3) is 5.91. The van der Waals surface area contributed by atoms with Gasteiger partial charge in [-0.2, -0.15) is 0 Å². The molecule has 0 radical (unpaired) electrons. The van der Waals surface area contributed by atoms with E-state index in [0.717, 1.165) is 0 Å². The molecule has 0 saturated heterocycles. The van der Waals surface area contributed by atoms with Gasteiger partial charge in [-0.05, 0) is 73.2 Å². The van der Waals surface area contributed by atoms with Crippen molar-refractivity contribution in [1.82, 2.24) is 0 Å². The summed E-state index contributed by atoms with van der Waals surface area (Å²) in [5, 5.41) is 2.67. The van der Waals surface area contributed by atoms with Gasteiger partial charge in [0, 0.05) is 22.6 Å². The number of hydrogen-bond donors (Lipinski definition) is 3. The van der Waals surface area contributed by atoms with Crippen LogP contribution in [0.5, 0.6) is 0 Å². The average Bonchev–Trinajstić information content (AvgIpc) is 2.85. The summed E-state index contributed by atoms with van der Waals surface area (Å²) in [5.74, 6) is -0.538. The lowest BCUT2D eigenvalue weighted by Gasteiger charge is -2.12. The lowest BCUT2D eigenvalue weighted by molar-refractivity contribution is 0.102. The normalized spacial score (nSPS) is 11.5. The van der Waals surface area contributed by atoms with Crippen LogP contribution in [0.4, 0.5) is 17.1 Å². The van der Waals surface area contributed by atoms with Crippen LogP contribution in [0.2, 0.25) is 0 Å². The van der Waals surface area contributed by atoms with E-state index in [-0.39, 0.29) is 15.4 Å². The molecule has 3 N–H and O–H groups in total. The number of para-hydroxylation sites is 2. The van der Waals surface area contributed by atoms with Crippen LogP contribution in [0.3, 0.4) is 0 Å². The van der Waals surface area contributed by atoms with Gasteiger partial charge < -0.3 is 5.32 Å². The Morgan fingerprint density at radius 1 is 0.611 bits per heavy atom. The Labute approximate surface area is 210 Å². The second-order valence-corrected chi connectivity index (χ2v) is 11.2. The van der Waals surface area contributed by atoms with Crippen molar-refractivity contribution in [3.8, 4) is 0 Å². The number of nitrogens with one attached hydrogen (secondary N) is 3. The van der Waals surface area contributed by atoms with Gasteiger partial charge in [0.05, 0.1) is 9.79 Å². The molecular weight excluding hydrogens is 498 g/mol. The van der Waals surface area contributed by atoms with E-state index in [9.17, 15) is 21.6 Å². The minimum Gasteiger partial charge on any atom is -0.322 e. The molecule has 0 fully saturated rings. The number of carbonyl (C=O) groups excluding carboxylic acids is 1. The third-order valence-corrected chi connectivity index (χ3v) is 8.13. The number of rotatable bonds is 8. The van der Waals surface area contributed by atoms with E-state index in [0.29, 0.717) is 22.6 Å². The predicted octanol–water partition coefficient (Wildman–Crippen LogP) is 4.85. The number of sulfonamides is 2. The van der Waals surface area contributed by atoms with E-state index in [1.807, 2.05) is 0 Å². The maximum absolute atomic E-state index is 12.9. The van der Waals surface area contributed by atoms with Gasteiger partial charge in [-0.3, -0.25) is 14.2 Å². The van der Waals surface area contributed by atoms with Crippen LogP contribution in [0, 0.1) is 6.92 Å². The molecule has 0 bridgehead atoms. The van der Waals surface area contributed by atoms with Gasteiger partial charge in [-0.1, -0.05) is 42.5 Å². The van der Waals surface area contributed by atoms with Gasteiger partial charge >= 0.3 is 0 Å². The van der Waals surface area contributed by atoms with Crippen LogP contribution in [0.25, 0.3) is 0 Å². The Hall–Kier alpha value is -4.15. The van der Waals surface area contributed by atoms with Gasteiger partial charge in [0.1, 0.15) is 0 Å². The maximum Gasteiger partial charge on any atom is 0.262 e. The Balaban J connectivity index is 1.50. The highest BCUT2D eigenvalue weighted by Crippen LogP contribution is 2.22. The van der Waals surface area contributed by atoms with E-state index in [1.165, 1.54) is 36.4 Å². The standard InChI is InChI=1S/C26H23N3O5S2/c1-19-12-13-20(18-25(19)36(33,34)29-23-10-6-3-7-11-23)26(30)27-21-14-16-24(17-15-21)35(31,32)28-22-8-4-2-5-9-22/h2-18,28-29H,1H3,(H,27,30). The Kier molecular flexibility index (Phi) is 7.09. The van der Waals surface area contributed by atoms with Crippen molar-refractivity contribution in [2.45, 2.75) is 16.7 Å². The van der Waals surface area contributed by atoms with E-state index in [1.54, 1.807) is 73.7 Å². The maximum atomic E-state index is 12.9. The van der Waals surface area contributed by atoms with Gasteiger partial charge in [-0.15, -0.1) is 0 Å². The second-order valence-electron chi connectivity index (χ2n) is 7.90. The lowest BCUT2D eigenvalue weighted by atomic mass is 10.1. The molecule has 0 saturated carbocycles. The molecule has 36 heavy (non-hydrogen) atoms. The highest BCUT2D eigenvalue weighted by molar-refractivity contribution is 7.93. The molecule has 0 aliphatic carbocycles. The zero-order valence-electron chi connectivity index (χ0n) is 19.2. The van der Waals surface area contributed by atoms with Crippen LogP contribution < -0.4 is 14.8 Å². The fourth-order valence-corrected chi connectivity index (χ4v) is 5.78. The number of benzene rings is 4. The summed E-state index contributed by atoms with van der Waals surface area (Å²) in [7, 11) is -7.72. The zero-order chi connectivity index (χ0) is 25.8. The summed E-state index contributed by atoms with van der Waals surface area (Å²) in [6.45, 7) is 1.64. The van der Waals surface area contributed by atoms with Crippen molar-refractivity contribution < 1.29 is 21.6 Å². The van der Waals surface area contributed by atoms with E-state index >= 15 is 0 Å². The molecule has 0 atom stereocenters. The van der Waals surface area contributed by atoms with E-state index in [4.69, 9.17) is 0 Å². The van der Waals surface area contributed by atoms with Crippen LogP contribution in [-0.2, 0) is 20.0 Å². The number of carbonyl (C=O) groups is 1. The molecule has 0 unspecified atom stereocenters.